The van der Waals surface area contributed by atoms with Crippen LogP contribution in [0.25, 0.3) is 0 Å². The lowest BCUT2D eigenvalue weighted by Crippen LogP contribution is -2.43. The third-order valence-corrected chi connectivity index (χ3v) is 4.27. The van der Waals surface area contributed by atoms with Crippen LogP contribution >= 0.6 is 0 Å². The fraction of sp³-hybridized carbons (Fsp3) is 0.182. The molecule has 0 unspecified atom stereocenters. The number of rotatable bonds is 2. The van der Waals surface area contributed by atoms with Gasteiger partial charge in [-0.05, 0) is 12.1 Å². The summed E-state index contributed by atoms with van der Waals surface area (Å²) in [6.07, 6.45) is 0.838. The van der Waals surface area contributed by atoms with Gasteiger partial charge in [0.15, 0.2) is 11.7 Å². The minimum atomic E-state index is -3.77. The van der Waals surface area contributed by atoms with Crippen LogP contribution in [0.5, 0.6) is 0 Å². The van der Waals surface area contributed by atoms with E-state index >= 15 is 0 Å². The molecule has 1 aliphatic rings. The highest BCUT2D eigenvalue weighted by Gasteiger charge is 2.29. The highest BCUT2D eigenvalue weighted by atomic mass is 32.2. The Labute approximate surface area is 105 Å². The monoisotopic (exact) mass is 269 g/mol. The van der Waals surface area contributed by atoms with Crippen molar-refractivity contribution in [1.29, 1.82) is 5.41 Å². The summed E-state index contributed by atoms with van der Waals surface area (Å²) in [5.74, 6) is -1.20. The topological polar surface area (TPSA) is 64.5 Å². The molecule has 0 radical (unpaired) electrons. The summed E-state index contributed by atoms with van der Waals surface area (Å²) in [6, 6.07) is 7.79. The molecule has 0 saturated heterocycles. The number of sulfonamides is 1. The Bertz CT molecular complexity index is 598. The van der Waals surface area contributed by atoms with Crippen LogP contribution in [0.1, 0.15) is 0 Å². The first-order valence-electron chi connectivity index (χ1n) is 5.17. The van der Waals surface area contributed by atoms with E-state index in [1.807, 2.05) is 0 Å². The molecular weight excluding hydrogens is 257 g/mol. The number of benzene rings is 1. The lowest BCUT2D eigenvalue weighted by atomic mass is 10.4. The van der Waals surface area contributed by atoms with Crippen molar-refractivity contribution in [2.45, 2.75) is 4.90 Å². The predicted octanol–water partition coefficient (Wildman–Crippen LogP) is 1.37. The van der Waals surface area contributed by atoms with Crippen LogP contribution in [0.3, 0.4) is 0 Å². The molecule has 0 aliphatic carbocycles. The summed E-state index contributed by atoms with van der Waals surface area (Å²) >= 11 is 0. The fourth-order valence-electron chi connectivity index (χ4n) is 1.56. The summed E-state index contributed by atoms with van der Waals surface area (Å²) in [7, 11) is -2.31. The van der Waals surface area contributed by atoms with Crippen molar-refractivity contribution in [3.8, 4) is 0 Å². The second kappa shape index (κ2) is 4.41. The molecule has 18 heavy (non-hydrogen) atoms. The number of likely N-dealkylation sites (N-methyl/N-ethyl adjacent to an activating group) is 1. The molecule has 1 aromatic rings. The van der Waals surface area contributed by atoms with Crippen molar-refractivity contribution in [3.05, 3.63) is 42.4 Å². The van der Waals surface area contributed by atoms with E-state index in [0.29, 0.717) is 0 Å². The van der Waals surface area contributed by atoms with Crippen molar-refractivity contribution in [3.63, 3.8) is 0 Å². The van der Waals surface area contributed by atoms with Gasteiger partial charge >= 0.3 is 0 Å². The maximum Gasteiger partial charge on any atom is 0.265 e. The zero-order chi connectivity index (χ0) is 13.3. The first-order valence-corrected chi connectivity index (χ1v) is 6.61. The summed E-state index contributed by atoms with van der Waals surface area (Å²) < 4.78 is 38.7. The van der Waals surface area contributed by atoms with Crippen molar-refractivity contribution in [2.24, 2.45) is 0 Å². The van der Waals surface area contributed by atoms with E-state index in [4.69, 9.17) is 5.41 Å². The summed E-state index contributed by atoms with van der Waals surface area (Å²) in [5.41, 5.74) is 0. The first-order chi connectivity index (χ1) is 8.43. The number of hydrogen-bond donors (Lipinski definition) is 1. The number of nitrogens with one attached hydrogen (secondary N) is 1. The molecule has 0 aromatic heterocycles. The van der Waals surface area contributed by atoms with E-state index in [-0.39, 0.29) is 17.4 Å². The Morgan fingerprint density at radius 1 is 1.28 bits per heavy atom. The summed E-state index contributed by atoms with van der Waals surface area (Å²) in [4.78, 5) is 1.31. The van der Waals surface area contributed by atoms with Gasteiger partial charge in [-0.15, -0.1) is 0 Å². The number of halogens is 1. The Morgan fingerprint density at radius 2 is 1.89 bits per heavy atom. The Morgan fingerprint density at radius 3 is 2.44 bits per heavy atom. The molecule has 0 fully saturated rings. The highest BCUT2D eigenvalue weighted by Crippen LogP contribution is 2.21. The van der Waals surface area contributed by atoms with Gasteiger partial charge in [0.05, 0.1) is 11.1 Å². The van der Waals surface area contributed by atoms with Gasteiger partial charge in [0, 0.05) is 7.05 Å². The van der Waals surface area contributed by atoms with Crippen LogP contribution in [-0.2, 0) is 10.0 Å². The van der Waals surface area contributed by atoms with E-state index < -0.39 is 15.9 Å². The molecule has 7 heteroatoms. The normalized spacial score (nSPS) is 16.8. The first kappa shape index (κ1) is 12.6. The minimum Gasteiger partial charge on any atom is -0.339 e. The largest absolute Gasteiger partial charge is 0.339 e. The van der Waals surface area contributed by atoms with Crippen LogP contribution < -0.4 is 0 Å². The van der Waals surface area contributed by atoms with Gasteiger partial charge in [0.25, 0.3) is 10.0 Å². The second-order valence-electron chi connectivity index (χ2n) is 3.87. The average Bonchev–Trinajstić information content (AvgIpc) is 2.36. The van der Waals surface area contributed by atoms with Gasteiger partial charge < -0.3 is 4.90 Å². The molecule has 0 atom stereocenters. The van der Waals surface area contributed by atoms with Crippen LogP contribution in [0.4, 0.5) is 4.39 Å². The zero-order valence-corrected chi connectivity index (χ0v) is 10.5. The van der Waals surface area contributed by atoms with Crippen LogP contribution in [-0.4, -0.2) is 37.2 Å². The second-order valence-corrected chi connectivity index (χ2v) is 5.76. The van der Waals surface area contributed by atoms with Gasteiger partial charge in [-0.3, -0.25) is 9.71 Å². The third kappa shape index (κ3) is 2.08. The van der Waals surface area contributed by atoms with Crippen molar-refractivity contribution >= 4 is 15.9 Å². The van der Waals surface area contributed by atoms with Gasteiger partial charge in [-0.1, -0.05) is 18.2 Å². The standard InChI is InChI=1S/C11H12FN3O2S/c1-14-8-15(7-10(12)11(14)13)18(16,17)9-5-3-2-4-6-9/h2-7,13H,8H2,1H3. The molecule has 96 valence electrons. The van der Waals surface area contributed by atoms with E-state index in [2.05, 4.69) is 0 Å². The lowest BCUT2D eigenvalue weighted by molar-refractivity contribution is 0.340. The molecular formula is C11H12FN3O2S. The van der Waals surface area contributed by atoms with E-state index in [1.54, 1.807) is 18.2 Å². The van der Waals surface area contributed by atoms with Gasteiger partial charge in [-0.25, -0.2) is 12.8 Å². The maximum absolute atomic E-state index is 13.4. The van der Waals surface area contributed by atoms with E-state index in [9.17, 15) is 12.8 Å². The summed E-state index contributed by atoms with van der Waals surface area (Å²) in [5, 5.41) is 7.36. The van der Waals surface area contributed by atoms with Crippen LogP contribution in [0.15, 0.2) is 47.3 Å². The molecule has 1 heterocycles. The Hall–Kier alpha value is -1.89. The molecule has 1 N–H and O–H groups in total. The quantitative estimate of drug-likeness (QED) is 0.882. The molecule has 0 bridgehead atoms. The molecule has 0 amide bonds. The smallest absolute Gasteiger partial charge is 0.265 e. The lowest BCUT2D eigenvalue weighted by Gasteiger charge is -2.31. The number of hydrogen-bond acceptors (Lipinski definition) is 3. The maximum atomic E-state index is 13.4. The number of nitrogens with zero attached hydrogens (tertiary/aromatic N) is 2. The van der Waals surface area contributed by atoms with Crippen LogP contribution in [0.2, 0.25) is 0 Å². The van der Waals surface area contributed by atoms with Gasteiger partial charge in [-0.2, -0.15) is 0 Å². The highest BCUT2D eigenvalue weighted by molar-refractivity contribution is 7.89. The molecule has 0 spiro atoms. The minimum absolute atomic E-state index is 0.0799. The third-order valence-electron chi connectivity index (χ3n) is 2.57. The molecule has 0 saturated carbocycles. The fourth-order valence-corrected chi connectivity index (χ4v) is 2.89. The zero-order valence-electron chi connectivity index (χ0n) is 9.67. The molecule has 1 aromatic carbocycles. The SMILES string of the molecule is CN1CN(S(=O)(=O)c2ccccc2)C=C(F)C1=N. The Kier molecular flexibility index (Phi) is 3.08. The molecule has 5 nitrogen and oxygen atoms in total. The summed E-state index contributed by atoms with van der Waals surface area (Å²) in [6.45, 7) is -0.0799. The van der Waals surface area contributed by atoms with Gasteiger partial charge in [0.2, 0.25) is 0 Å². The van der Waals surface area contributed by atoms with Crippen molar-refractivity contribution < 1.29 is 12.8 Å². The average molecular weight is 269 g/mol. The van der Waals surface area contributed by atoms with E-state index in [0.717, 1.165) is 10.5 Å². The molecule has 1 aliphatic heterocycles. The van der Waals surface area contributed by atoms with Crippen molar-refractivity contribution in [1.82, 2.24) is 9.21 Å². The molecule has 2 rings (SSSR count). The predicted molar refractivity (Wildman–Crippen MR) is 65.0 cm³/mol. The van der Waals surface area contributed by atoms with Gasteiger partial charge in [0.1, 0.15) is 6.67 Å². The Balaban J connectivity index is 2.41. The van der Waals surface area contributed by atoms with E-state index in [1.165, 1.54) is 24.1 Å². The van der Waals surface area contributed by atoms with Crippen LogP contribution in [0, 0.1) is 5.41 Å². The van der Waals surface area contributed by atoms with Crippen molar-refractivity contribution in [2.75, 3.05) is 13.7 Å². The number of amidine groups is 1.